The number of hydrogen-bond acceptors (Lipinski definition) is 4. The zero-order valence-electron chi connectivity index (χ0n) is 13.1. The molecule has 1 aromatic carbocycles. The molecule has 5 nitrogen and oxygen atoms in total. The van der Waals surface area contributed by atoms with Crippen molar-refractivity contribution in [1.29, 1.82) is 0 Å². The highest BCUT2D eigenvalue weighted by molar-refractivity contribution is 5.79. The summed E-state index contributed by atoms with van der Waals surface area (Å²) in [6.45, 7) is 1.51. The van der Waals surface area contributed by atoms with Crippen LogP contribution < -0.4 is 0 Å². The number of aromatic nitrogens is 2. The van der Waals surface area contributed by atoms with Crippen LogP contribution in [-0.4, -0.2) is 34.0 Å². The average Bonchev–Trinajstić information content (AvgIpc) is 3.19. The second-order valence-electron chi connectivity index (χ2n) is 6.60. The second-order valence-corrected chi connectivity index (χ2v) is 6.60. The van der Waals surface area contributed by atoms with Crippen molar-refractivity contribution in [2.45, 2.75) is 43.9 Å². The third kappa shape index (κ3) is 3.28. The molecule has 2 aromatic rings. The molecule has 0 radical (unpaired) electrons. The SMILES string of the molecule is O=C1CC(c2nc(C3CC3)no2)CN1CCCc1ccccc1. The molecule has 2 fully saturated rings. The molecule has 1 atom stereocenters. The third-order valence-corrected chi connectivity index (χ3v) is 4.70. The van der Waals surface area contributed by atoms with E-state index in [1.165, 1.54) is 5.56 Å². The molecule has 4 rings (SSSR count). The topological polar surface area (TPSA) is 59.2 Å². The van der Waals surface area contributed by atoms with E-state index in [0.717, 1.165) is 38.1 Å². The Balaban J connectivity index is 1.31. The first-order chi connectivity index (χ1) is 11.3. The maximum Gasteiger partial charge on any atom is 0.232 e. The molecule has 1 aromatic heterocycles. The first-order valence-corrected chi connectivity index (χ1v) is 8.45. The molecule has 0 bridgehead atoms. The van der Waals surface area contributed by atoms with E-state index >= 15 is 0 Å². The molecule has 120 valence electrons. The molecule has 5 heteroatoms. The van der Waals surface area contributed by atoms with E-state index in [-0.39, 0.29) is 11.8 Å². The standard InChI is InChI=1S/C18H21N3O2/c22-16-11-15(18-19-17(20-23-18)14-8-9-14)12-21(16)10-4-7-13-5-2-1-3-6-13/h1-3,5-6,14-15H,4,7-12H2. The van der Waals surface area contributed by atoms with Gasteiger partial charge in [-0.3, -0.25) is 4.79 Å². The van der Waals surface area contributed by atoms with Crippen LogP contribution in [0.4, 0.5) is 0 Å². The number of nitrogens with zero attached hydrogens (tertiary/aromatic N) is 3. The van der Waals surface area contributed by atoms with Gasteiger partial charge in [0.15, 0.2) is 5.82 Å². The Hall–Kier alpha value is -2.17. The van der Waals surface area contributed by atoms with E-state index in [1.807, 2.05) is 11.0 Å². The highest BCUT2D eigenvalue weighted by atomic mass is 16.5. The van der Waals surface area contributed by atoms with Gasteiger partial charge in [-0.2, -0.15) is 4.98 Å². The van der Waals surface area contributed by atoms with Crippen molar-refractivity contribution in [2.24, 2.45) is 0 Å². The summed E-state index contributed by atoms with van der Waals surface area (Å²) in [6.07, 6.45) is 4.81. The zero-order chi connectivity index (χ0) is 15.6. The lowest BCUT2D eigenvalue weighted by atomic mass is 10.1. The summed E-state index contributed by atoms with van der Waals surface area (Å²) in [4.78, 5) is 18.6. The van der Waals surface area contributed by atoms with Crippen molar-refractivity contribution >= 4 is 5.91 Å². The smallest absolute Gasteiger partial charge is 0.232 e. The fourth-order valence-electron chi connectivity index (χ4n) is 3.19. The minimum atomic E-state index is 0.0687. The van der Waals surface area contributed by atoms with Gasteiger partial charge in [0.05, 0.1) is 5.92 Å². The molecular weight excluding hydrogens is 290 g/mol. The van der Waals surface area contributed by atoms with Gasteiger partial charge in [0, 0.05) is 25.4 Å². The number of amides is 1. The first-order valence-electron chi connectivity index (χ1n) is 8.45. The summed E-state index contributed by atoms with van der Waals surface area (Å²) in [5.74, 6) is 2.24. The van der Waals surface area contributed by atoms with Crippen LogP contribution in [0.15, 0.2) is 34.9 Å². The molecule has 23 heavy (non-hydrogen) atoms. The van der Waals surface area contributed by atoms with Gasteiger partial charge in [-0.15, -0.1) is 0 Å². The van der Waals surface area contributed by atoms with Crippen LogP contribution in [0, 0.1) is 0 Å². The fraction of sp³-hybridized carbons (Fsp3) is 0.500. The van der Waals surface area contributed by atoms with E-state index in [9.17, 15) is 4.79 Å². The van der Waals surface area contributed by atoms with E-state index < -0.39 is 0 Å². The number of aryl methyl sites for hydroxylation is 1. The molecule has 2 aliphatic rings. The zero-order valence-corrected chi connectivity index (χ0v) is 13.1. The van der Waals surface area contributed by atoms with Gasteiger partial charge in [0.1, 0.15) is 0 Å². The van der Waals surface area contributed by atoms with Gasteiger partial charge in [-0.1, -0.05) is 35.5 Å². The van der Waals surface area contributed by atoms with Crippen molar-refractivity contribution in [1.82, 2.24) is 15.0 Å². The number of benzene rings is 1. The summed E-state index contributed by atoms with van der Waals surface area (Å²) in [5, 5.41) is 4.06. The summed E-state index contributed by atoms with van der Waals surface area (Å²) < 4.78 is 5.38. The fourth-order valence-corrected chi connectivity index (χ4v) is 3.19. The van der Waals surface area contributed by atoms with Gasteiger partial charge in [0.2, 0.25) is 11.8 Å². The van der Waals surface area contributed by atoms with Crippen molar-refractivity contribution in [2.75, 3.05) is 13.1 Å². The van der Waals surface area contributed by atoms with Crippen LogP contribution in [0.25, 0.3) is 0 Å². The largest absolute Gasteiger partial charge is 0.342 e. The molecular formula is C18H21N3O2. The van der Waals surface area contributed by atoms with E-state index in [0.29, 0.717) is 24.8 Å². The summed E-state index contributed by atoms with van der Waals surface area (Å²) in [7, 11) is 0. The number of likely N-dealkylation sites (tertiary alicyclic amines) is 1. The highest BCUT2D eigenvalue weighted by Crippen LogP contribution is 2.39. The lowest BCUT2D eigenvalue weighted by Gasteiger charge is -2.15. The van der Waals surface area contributed by atoms with Crippen LogP contribution in [0.3, 0.4) is 0 Å². The van der Waals surface area contributed by atoms with Crippen LogP contribution in [0.2, 0.25) is 0 Å². The molecule has 1 unspecified atom stereocenters. The maximum absolute atomic E-state index is 12.2. The van der Waals surface area contributed by atoms with Gasteiger partial charge in [-0.25, -0.2) is 0 Å². The second kappa shape index (κ2) is 6.14. The number of rotatable bonds is 6. The summed E-state index contributed by atoms with van der Waals surface area (Å²) >= 11 is 0. The van der Waals surface area contributed by atoms with E-state index in [1.54, 1.807) is 0 Å². The van der Waals surface area contributed by atoms with E-state index in [4.69, 9.17) is 4.52 Å². The molecule has 1 saturated carbocycles. The van der Waals surface area contributed by atoms with Gasteiger partial charge < -0.3 is 9.42 Å². The third-order valence-electron chi connectivity index (χ3n) is 4.70. The van der Waals surface area contributed by atoms with Gasteiger partial charge in [-0.05, 0) is 31.2 Å². The van der Waals surface area contributed by atoms with E-state index in [2.05, 4.69) is 34.4 Å². The molecule has 1 aliphatic carbocycles. The Morgan fingerprint density at radius 3 is 2.78 bits per heavy atom. The molecule has 0 spiro atoms. The Morgan fingerprint density at radius 1 is 1.17 bits per heavy atom. The minimum absolute atomic E-state index is 0.0687. The van der Waals surface area contributed by atoms with Crippen molar-refractivity contribution < 1.29 is 9.32 Å². The summed E-state index contributed by atoms with van der Waals surface area (Å²) in [6, 6.07) is 10.4. The van der Waals surface area contributed by atoms with Crippen LogP contribution in [-0.2, 0) is 11.2 Å². The van der Waals surface area contributed by atoms with Crippen LogP contribution in [0.5, 0.6) is 0 Å². The lowest BCUT2D eigenvalue weighted by molar-refractivity contribution is -0.127. The number of carbonyl (C=O) groups excluding carboxylic acids is 1. The molecule has 2 heterocycles. The molecule has 1 amide bonds. The van der Waals surface area contributed by atoms with Crippen LogP contribution in [0.1, 0.15) is 54.8 Å². The van der Waals surface area contributed by atoms with Crippen molar-refractivity contribution in [3.05, 3.63) is 47.6 Å². The molecule has 1 aliphatic heterocycles. The Kier molecular flexibility index (Phi) is 3.85. The Labute approximate surface area is 135 Å². The average molecular weight is 311 g/mol. The van der Waals surface area contributed by atoms with Crippen molar-refractivity contribution in [3.63, 3.8) is 0 Å². The quantitative estimate of drug-likeness (QED) is 0.823. The number of carbonyl (C=O) groups is 1. The summed E-state index contributed by atoms with van der Waals surface area (Å²) in [5.41, 5.74) is 1.32. The predicted octanol–water partition coefficient (Wildman–Crippen LogP) is 2.90. The number of hydrogen-bond donors (Lipinski definition) is 0. The maximum atomic E-state index is 12.2. The lowest BCUT2D eigenvalue weighted by Crippen LogP contribution is -2.26. The predicted molar refractivity (Wildman–Crippen MR) is 85.0 cm³/mol. The highest BCUT2D eigenvalue weighted by Gasteiger charge is 2.35. The Bertz CT molecular complexity index is 679. The van der Waals surface area contributed by atoms with Crippen LogP contribution >= 0.6 is 0 Å². The monoisotopic (exact) mass is 311 g/mol. The van der Waals surface area contributed by atoms with Crippen molar-refractivity contribution in [3.8, 4) is 0 Å². The minimum Gasteiger partial charge on any atom is -0.342 e. The normalized spacial score (nSPS) is 21.1. The Morgan fingerprint density at radius 2 is 2.00 bits per heavy atom. The molecule has 1 saturated heterocycles. The first kappa shape index (κ1) is 14.4. The van der Waals surface area contributed by atoms with Gasteiger partial charge in [0.25, 0.3) is 0 Å². The molecule has 0 N–H and O–H groups in total. The van der Waals surface area contributed by atoms with Gasteiger partial charge >= 0.3 is 0 Å².